The number of rotatable bonds is 5. The van der Waals surface area contributed by atoms with Gasteiger partial charge in [0.2, 0.25) is 5.91 Å². The Bertz CT molecular complexity index is 1010. The molecule has 1 aromatic carbocycles. The van der Waals surface area contributed by atoms with Crippen LogP contribution >= 0.6 is 15.9 Å². The lowest BCUT2D eigenvalue weighted by Crippen LogP contribution is -2.21. The number of hydrogen-bond donors (Lipinski definition) is 1. The summed E-state index contributed by atoms with van der Waals surface area (Å²) in [6.45, 7) is -0.498. The van der Waals surface area contributed by atoms with E-state index in [0.29, 0.717) is 18.5 Å². The summed E-state index contributed by atoms with van der Waals surface area (Å²) in [5, 5.41) is 25.8. The van der Waals surface area contributed by atoms with E-state index in [4.69, 9.17) is 5.26 Å². The standard InChI is InChI=1S/C16H11BrF3N5O3/c17-13-14(8-1-2-8)24(23-15(13)16(18,19)20)7-12(26)22-11-4-3-10(25(27)28)5-9(11)6-21/h3-5,8H,1-2,7H2,(H,22,26). The molecule has 0 saturated heterocycles. The van der Waals surface area contributed by atoms with Crippen molar-refractivity contribution in [2.75, 3.05) is 5.32 Å². The number of nitrogens with zero attached hydrogens (tertiary/aromatic N) is 4. The maximum Gasteiger partial charge on any atom is 0.436 e. The molecule has 1 aromatic heterocycles. The highest BCUT2D eigenvalue weighted by molar-refractivity contribution is 9.10. The van der Waals surface area contributed by atoms with Crippen LogP contribution in [0.5, 0.6) is 0 Å². The largest absolute Gasteiger partial charge is 0.436 e. The number of nitro benzene ring substituents is 1. The number of halogens is 4. The molecule has 0 aliphatic heterocycles. The van der Waals surface area contributed by atoms with E-state index in [9.17, 15) is 28.1 Å². The van der Waals surface area contributed by atoms with Gasteiger partial charge >= 0.3 is 6.18 Å². The van der Waals surface area contributed by atoms with Gasteiger partial charge < -0.3 is 5.32 Å². The van der Waals surface area contributed by atoms with Crippen molar-refractivity contribution in [2.45, 2.75) is 31.5 Å². The molecule has 3 rings (SSSR count). The number of benzene rings is 1. The maximum atomic E-state index is 13.1. The molecule has 1 amide bonds. The minimum Gasteiger partial charge on any atom is -0.323 e. The Morgan fingerprint density at radius 2 is 2.14 bits per heavy atom. The molecule has 0 atom stereocenters. The van der Waals surface area contributed by atoms with Crippen molar-refractivity contribution in [3.05, 3.63) is 49.7 Å². The van der Waals surface area contributed by atoms with E-state index in [1.54, 1.807) is 6.07 Å². The number of amides is 1. The van der Waals surface area contributed by atoms with Crippen LogP contribution in [0.25, 0.3) is 0 Å². The lowest BCUT2D eigenvalue weighted by Gasteiger charge is -2.09. The predicted octanol–water partition coefficient (Wildman–Crippen LogP) is 3.96. The number of carbonyl (C=O) groups is 1. The SMILES string of the molecule is N#Cc1cc([N+](=O)[O-])ccc1NC(=O)Cn1nc(C(F)(F)F)c(Br)c1C1CC1. The Morgan fingerprint density at radius 1 is 1.46 bits per heavy atom. The number of carbonyl (C=O) groups excluding carboxylic acids is 1. The highest BCUT2D eigenvalue weighted by atomic mass is 79.9. The molecule has 1 fully saturated rings. The molecule has 2 aromatic rings. The summed E-state index contributed by atoms with van der Waals surface area (Å²) in [6, 6.07) is 5.03. The predicted molar refractivity (Wildman–Crippen MR) is 93.3 cm³/mol. The highest BCUT2D eigenvalue weighted by Gasteiger charge is 2.42. The molecular formula is C16H11BrF3N5O3. The first-order chi connectivity index (χ1) is 13.1. The van der Waals surface area contributed by atoms with Gasteiger partial charge in [-0.1, -0.05) is 0 Å². The lowest BCUT2D eigenvalue weighted by molar-refractivity contribution is -0.384. The molecule has 12 heteroatoms. The number of nitro groups is 1. The van der Waals surface area contributed by atoms with Crippen molar-refractivity contribution in [3.63, 3.8) is 0 Å². The lowest BCUT2D eigenvalue weighted by atomic mass is 10.1. The monoisotopic (exact) mass is 457 g/mol. The van der Waals surface area contributed by atoms with Crippen LogP contribution in [0.1, 0.15) is 35.7 Å². The van der Waals surface area contributed by atoms with Gasteiger partial charge in [0.25, 0.3) is 5.69 Å². The Labute approximate surface area is 164 Å². The highest BCUT2D eigenvalue weighted by Crippen LogP contribution is 2.46. The van der Waals surface area contributed by atoms with Gasteiger partial charge in [-0.2, -0.15) is 23.5 Å². The van der Waals surface area contributed by atoms with Crippen LogP contribution in [0.2, 0.25) is 0 Å². The van der Waals surface area contributed by atoms with Crippen molar-refractivity contribution >= 4 is 33.2 Å². The molecule has 1 saturated carbocycles. The van der Waals surface area contributed by atoms with Crippen LogP contribution in [0.4, 0.5) is 24.5 Å². The minimum absolute atomic E-state index is 0.0216. The van der Waals surface area contributed by atoms with E-state index in [-0.39, 0.29) is 27.3 Å². The fourth-order valence-corrected chi connectivity index (χ4v) is 3.51. The van der Waals surface area contributed by atoms with E-state index in [1.807, 2.05) is 0 Å². The molecule has 28 heavy (non-hydrogen) atoms. The van der Waals surface area contributed by atoms with Crippen molar-refractivity contribution in [3.8, 4) is 6.07 Å². The number of anilines is 1. The molecule has 0 bridgehead atoms. The van der Waals surface area contributed by atoms with Gasteiger partial charge in [-0.15, -0.1) is 0 Å². The third kappa shape index (κ3) is 3.99. The first-order valence-electron chi connectivity index (χ1n) is 7.93. The molecule has 8 nitrogen and oxygen atoms in total. The summed E-state index contributed by atoms with van der Waals surface area (Å²) in [7, 11) is 0. The normalized spacial score (nSPS) is 13.8. The fraction of sp³-hybridized carbons (Fsp3) is 0.312. The van der Waals surface area contributed by atoms with E-state index >= 15 is 0 Å². The average Bonchev–Trinajstić information content (AvgIpc) is 3.38. The van der Waals surface area contributed by atoms with E-state index < -0.39 is 29.2 Å². The zero-order valence-electron chi connectivity index (χ0n) is 14.0. The van der Waals surface area contributed by atoms with E-state index in [0.717, 1.165) is 16.8 Å². The summed E-state index contributed by atoms with van der Waals surface area (Å²) in [6.07, 6.45) is -3.27. The van der Waals surface area contributed by atoms with Gasteiger partial charge in [-0.3, -0.25) is 19.6 Å². The Balaban J connectivity index is 1.85. The second kappa shape index (κ2) is 7.23. The number of nitriles is 1. The first kappa shape index (κ1) is 19.8. The van der Waals surface area contributed by atoms with Crippen LogP contribution < -0.4 is 5.32 Å². The quantitative estimate of drug-likeness (QED) is 0.538. The van der Waals surface area contributed by atoms with Crippen LogP contribution in [0, 0.1) is 21.4 Å². The second-order valence-corrected chi connectivity index (χ2v) is 6.92. The first-order valence-corrected chi connectivity index (χ1v) is 8.73. The molecule has 0 radical (unpaired) electrons. The van der Waals surface area contributed by atoms with E-state index in [1.165, 1.54) is 6.07 Å². The number of hydrogen-bond acceptors (Lipinski definition) is 5. The minimum atomic E-state index is -4.67. The molecule has 0 unspecified atom stereocenters. The summed E-state index contributed by atoms with van der Waals surface area (Å²) in [5.41, 5.74) is -1.24. The summed E-state index contributed by atoms with van der Waals surface area (Å²) in [5.74, 6) is -0.823. The molecule has 146 valence electrons. The molecule has 1 aliphatic rings. The van der Waals surface area contributed by atoms with Crippen LogP contribution in [0.15, 0.2) is 22.7 Å². The summed E-state index contributed by atoms with van der Waals surface area (Å²) < 4.78 is 40.2. The third-order valence-corrected chi connectivity index (χ3v) is 4.85. The number of alkyl halides is 3. The topological polar surface area (TPSA) is 114 Å². The zero-order chi connectivity index (χ0) is 20.6. The number of aromatic nitrogens is 2. The zero-order valence-corrected chi connectivity index (χ0v) is 15.5. The van der Waals surface area contributed by atoms with Crippen molar-refractivity contribution in [2.24, 2.45) is 0 Å². The van der Waals surface area contributed by atoms with Crippen molar-refractivity contribution < 1.29 is 22.9 Å². The van der Waals surface area contributed by atoms with Crippen molar-refractivity contribution in [1.82, 2.24) is 9.78 Å². The number of nitrogens with one attached hydrogen (secondary N) is 1. The van der Waals surface area contributed by atoms with Gasteiger partial charge in [-0.05, 0) is 34.8 Å². The molecule has 1 heterocycles. The van der Waals surface area contributed by atoms with Crippen LogP contribution in [-0.4, -0.2) is 20.6 Å². The average molecular weight is 458 g/mol. The Hall–Kier alpha value is -2.94. The second-order valence-electron chi connectivity index (χ2n) is 6.12. The number of non-ortho nitro benzene ring substituents is 1. The van der Waals surface area contributed by atoms with Crippen LogP contribution in [-0.2, 0) is 17.5 Å². The molecule has 1 N–H and O–H groups in total. The molecule has 1 aliphatic carbocycles. The molecular weight excluding hydrogens is 447 g/mol. The van der Waals surface area contributed by atoms with E-state index in [2.05, 4.69) is 26.3 Å². The summed E-state index contributed by atoms with van der Waals surface area (Å²) >= 11 is 2.94. The van der Waals surface area contributed by atoms with Gasteiger partial charge in [0.05, 0.1) is 26.3 Å². The maximum absolute atomic E-state index is 13.1. The third-order valence-electron chi connectivity index (χ3n) is 4.07. The Kier molecular flexibility index (Phi) is 5.12. The summed E-state index contributed by atoms with van der Waals surface area (Å²) in [4.78, 5) is 22.4. The van der Waals surface area contributed by atoms with Crippen LogP contribution in [0.3, 0.4) is 0 Å². The fourth-order valence-electron chi connectivity index (χ4n) is 2.67. The van der Waals surface area contributed by atoms with Gasteiger partial charge in [0.15, 0.2) is 5.69 Å². The van der Waals surface area contributed by atoms with Gasteiger partial charge in [0.1, 0.15) is 12.6 Å². The smallest absolute Gasteiger partial charge is 0.323 e. The van der Waals surface area contributed by atoms with Gasteiger partial charge in [-0.25, -0.2) is 0 Å². The molecule has 0 spiro atoms. The van der Waals surface area contributed by atoms with Crippen molar-refractivity contribution in [1.29, 1.82) is 5.26 Å². The van der Waals surface area contributed by atoms with Gasteiger partial charge in [0, 0.05) is 18.1 Å². The Morgan fingerprint density at radius 3 is 2.68 bits per heavy atom.